The maximum Gasteiger partial charge on any atom is 0.305 e. The molecule has 0 saturated carbocycles. The molecule has 51 heavy (non-hydrogen) atoms. The van der Waals surface area contributed by atoms with Gasteiger partial charge in [0.1, 0.15) is 0 Å². The van der Waals surface area contributed by atoms with E-state index in [-0.39, 0.29) is 12.6 Å². The summed E-state index contributed by atoms with van der Waals surface area (Å²) in [5.74, 6) is -0.0129. The van der Waals surface area contributed by atoms with Gasteiger partial charge in [-0.3, -0.25) is 4.79 Å². The lowest BCUT2D eigenvalue weighted by atomic mass is 10.0. The van der Waals surface area contributed by atoms with Gasteiger partial charge in [-0.2, -0.15) is 0 Å². The molecule has 0 aliphatic heterocycles. The van der Waals surface area contributed by atoms with Crippen molar-refractivity contribution in [2.24, 2.45) is 0 Å². The lowest BCUT2D eigenvalue weighted by Crippen LogP contribution is -2.29. The Morgan fingerprint density at radius 2 is 0.824 bits per heavy atom. The first-order valence-corrected chi connectivity index (χ1v) is 23.3. The maximum absolute atomic E-state index is 12.0. The molecule has 0 aromatic heterocycles. The molecule has 0 amide bonds. The molecule has 5 nitrogen and oxygen atoms in total. The second-order valence-electron chi connectivity index (χ2n) is 15.9. The van der Waals surface area contributed by atoms with Gasteiger partial charge in [-0.25, -0.2) is 0 Å². The fourth-order valence-electron chi connectivity index (χ4n) is 7.29. The Kier molecular flexibility index (Phi) is 43.2. The van der Waals surface area contributed by atoms with Crippen LogP contribution in [0, 0.1) is 0 Å². The molecule has 0 rings (SSSR count). The van der Waals surface area contributed by atoms with Crippen LogP contribution in [-0.2, 0) is 14.3 Å². The summed E-state index contributed by atoms with van der Waals surface area (Å²) >= 11 is 0. The zero-order valence-electron chi connectivity index (χ0n) is 35.2. The molecule has 0 aliphatic carbocycles. The van der Waals surface area contributed by atoms with Crippen LogP contribution in [0.25, 0.3) is 0 Å². The van der Waals surface area contributed by atoms with Gasteiger partial charge in [0, 0.05) is 19.6 Å². The van der Waals surface area contributed by atoms with Crippen molar-refractivity contribution in [1.29, 1.82) is 0 Å². The van der Waals surface area contributed by atoms with E-state index in [9.17, 15) is 9.90 Å². The van der Waals surface area contributed by atoms with Crippen molar-refractivity contribution in [3.63, 3.8) is 0 Å². The largest absolute Gasteiger partial charge is 0.466 e. The Balaban J connectivity index is 3.77. The smallest absolute Gasteiger partial charge is 0.305 e. The van der Waals surface area contributed by atoms with E-state index in [1.165, 1.54) is 199 Å². The molecule has 0 aromatic rings. The highest BCUT2D eigenvalue weighted by atomic mass is 16.5. The highest BCUT2D eigenvalue weighted by Crippen LogP contribution is 2.18. The molecule has 0 unspecified atom stereocenters. The van der Waals surface area contributed by atoms with Crippen LogP contribution in [0.3, 0.4) is 0 Å². The van der Waals surface area contributed by atoms with Gasteiger partial charge >= 0.3 is 5.97 Å². The van der Waals surface area contributed by atoms with Gasteiger partial charge in [-0.05, 0) is 58.0 Å². The summed E-state index contributed by atoms with van der Waals surface area (Å²) < 4.78 is 11.9. The topological polar surface area (TPSA) is 59.0 Å². The van der Waals surface area contributed by atoms with Gasteiger partial charge in [0.05, 0.1) is 19.3 Å². The summed E-state index contributed by atoms with van der Waals surface area (Å²) in [5, 5.41) is 9.54. The van der Waals surface area contributed by atoms with E-state index in [0.29, 0.717) is 19.1 Å². The number of ether oxygens (including phenoxy) is 2. The number of nitrogens with zero attached hydrogens (tertiary/aromatic N) is 1. The zero-order chi connectivity index (χ0) is 37.1. The van der Waals surface area contributed by atoms with Gasteiger partial charge in [0.15, 0.2) is 0 Å². The quantitative estimate of drug-likeness (QED) is 0.0501. The third-order valence-electron chi connectivity index (χ3n) is 10.8. The summed E-state index contributed by atoms with van der Waals surface area (Å²) in [7, 11) is 0. The van der Waals surface area contributed by atoms with Crippen LogP contribution >= 0.6 is 0 Å². The minimum Gasteiger partial charge on any atom is -0.466 e. The first-order chi connectivity index (χ1) is 25.2. The van der Waals surface area contributed by atoms with Crippen molar-refractivity contribution in [1.82, 2.24) is 4.90 Å². The predicted molar refractivity (Wildman–Crippen MR) is 223 cm³/mol. The lowest BCUT2D eigenvalue weighted by Gasteiger charge is -2.21. The molecule has 0 aliphatic rings. The van der Waals surface area contributed by atoms with E-state index in [1.807, 2.05) is 0 Å². The van der Waals surface area contributed by atoms with Crippen molar-refractivity contribution >= 4 is 5.97 Å². The third-order valence-corrected chi connectivity index (χ3v) is 10.8. The Labute approximate surface area is 320 Å². The predicted octanol–water partition coefficient (Wildman–Crippen LogP) is 13.9. The highest BCUT2D eigenvalue weighted by molar-refractivity contribution is 5.69. The van der Waals surface area contributed by atoms with E-state index in [2.05, 4.69) is 25.7 Å². The molecule has 5 heteroatoms. The molecule has 0 heterocycles. The van der Waals surface area contributed by atoms with E-state index in [4.69, 9.17) is 9.47 Å². The van der Waals surface area contributed by atoms with Crippen molar-refractivity contribution in [2.75, 3.05) is 39.5 Å². The number of hydrogen-bond donors (Lipinski definition) is 1. The number of hydrogen-bond acceptors (Lipinski definition) is 5. The SMILES string of the molecule is CCCCCCCCCOC(=O)CCCCCCCN(CCO)CCCCCCCCCCOC(CCCCCCCC)CCCCCCCC. The molecular formula is C46H93NO4. The summed E-state index contributed by atoms with van der Waals surface area (Å²) in [4.78, 5) is 14.4. The molecule has 0 radical (unpaired) electrons. The fourth-order valence-corrected chi connectivity index (χ4v) is 7.29. The summed E-state index contributed by atoms with van der Waals surface area (Å²) in [6.45, 7) is 11.7. The van der Waals surface area contributed by atoms with Crippen LogP contribution in [0.1, 0.15) is 245 Å². The van der Waals surface area contributed by atoms with Gasteiger partial charge in [-0.1, -0.05) is 194 Å². The van der Waals surface area contributed by atoms with E-state index < -0.39 is 0 Å². The van der Waals surface area contributed by atoms with E-state index in [0.717, 1.165) is 45.5 Å². The Hall–Kier alpha value is -0.650. The molecule has 0 saturated heterocycles. The average molecular weight is 724 g/mol. The third kappa shape index (κ3) is 40.4. The van der Waals surface area contributed by atoms with Crippen molar-refractivity contribution < 1.29 is 19.4 Å². The van der Waals surface area contributed by atoms with E-state index >= 15 is 0 Å². The van der Waals surface area contributed by atoms with E-state index in [1.54, 1.807) is 0 Å². The van der Waals surface area contributed by atoms with Crippen LogP contribution in [0.5, 0.6) is 0 Å². The number of carbonyl (C=O) groups excluding carboxylic acids is 1. The number of unbranched alkanes of at least 4 members (excludes halogenated alkanes) is 27. The van der Waals surface area contributed by atoms with Crippen LogP contribution in [0.2, 0.25) is 0 Å². The molecule has 0 fully saturated rings. The fraction of sp³-hybridized carbons (Fsp3) is 0.978. The van der Waals surface area contributed by atoms with Crippen molar-refractivity contribution in [3.05, 3.63) is 0 Å². The molecule has 306 valence electrons. The first kappa shape index (κ1) is 50.4. The highest BCUT2D eigenvalue weighted by Gasteiger charge is 2.10. The Morgan fingerprint density at radius 1 is 0.451 bits per heavy atom. The molecule has 0 atom stereocenters. The van der Waals surface area contributed by atoms with Crippen LogP contribution < -0.4 is 0 Å². The summed E-state index contributed by atoms with van der Waals surface area (Å²) in [5.41, 5.74) is 0. The number of carbonyl (C=O) groups is 1. The number of aliphatic hydroxyl groups is 1. The molecule has 0 spiro atoms. The molecular weight excluding hydrogens is 631 g/mol. The molecule has 0 aromatic carbocycles. The monoisotopic (exact) mass is 724 g/mol. The average Bonchev–Trinajstić information content (AvgIpc) is 3.13. The lowest BCUT2D eigenvalue weighted by molar-refractivity contribution is -0.143. The number of rotatable bonds is 44. The normalized spacial score (nSPS) is 11.7. The summed E-state index contributed by atoms with van der Waals surface area (Å²) in [6.07, 6.45) is 45.0. The van der Waals surface area contributed by atoms with Gasteiger partial charge in [0.25, 0.3) is 0 Å². The van der Waals surface area contributed by atoms with Crippen LogP contribution in [0.15, 0.2) is 0 Å². The summed E-state index contributed by atoms with van der Waals surface area (Å²) in [6, 6.07) is 0. The Morgan fingerprint density at radius 3 is 1.27 bits per heavy atom. The van der Waals surface area contributed by atoms with Crippen LogP contribution in [-0.4, -0.2) is 61.5 Å². The minimum atomic E-state index is -0.0129. The van der Waals surface area contributed by atoms with Crippen LogP contribution in [0.4, 0.5) is 0 Å². The number of aliphatic hydroxyl groups excluding tert-OH is 1. The number of esters is 1. The zero-order valence-corrected chi connectivity index (χ0v) is 35.2. The molecule has 1 N–H and O–H groups in total. The van der Waals surface area contributed by atoms with Crippen molar-refractivity contribution in [3.8, 4) is 0 Å². The molecule has 0 bridgehead atoms. The first-order valence-electron chi connectivity index (χ1n) is 23.3. The second-order valence-corrected chi connectivity index (χ2v) is 15.9. The van der Waals surface area contributed by atoms with Gasteiger partial charge in [-0.15, -0.1) is 0 Å². The second kappa shape index (κ2) is 43.8. The Bertz CT molecular complexity index is 643. The van der Waals surface area contributed by atoms with Crippen molar-refractivity contribution in [2.45, 2.75) is 252 Å². The van der Waals surface area contributed by atoms with Gasteiger partial charge in [0.2, 0.25) is 0 Å². The maximum atomic E-state index is 12.0. The van der Waals surface area contributed by atoms with Gasteiger partial charge < -0.3 is 19.5 Å². The minimum absolute atomic E-state index is 0.0129. The standard InChI is InChI=1S/C46H93NO4/c1-4-7-10-13-19-28-35-44-51-46(49)38-31-24-21-26-33-40-47(41-42-48)39-32-25-18-16-17-20-27-34-43-50-45(36-29-22-14-11-8-5-2)37-30-23-15-12-9-6-3/h45,48H,4-44H2,1-3H3.